The second kappa shape index (κ2) is 12.8. The normalized spacial score (nSPS) is 10.9. The Morgan fingerprint density at radius 3 is 2.37 bits per heavy atom. The van der Waals surface area contributed by atoms with Gasteiger partial charge in [-0.25, -0.2) is 4.98 Å². The zero-order valence-corrected chi connectivity index (χ0v) is 18.2. The first-order chi connectivity index (χ1) is 13.0. The SMILES string of the molecule is CCCN(SC)c1cc(C(=O)NCCO)cc(N(C)CCN(CC)CC)n1. The average Bonchev–Trinajstić information content (AvgIpc) is 2.70. The first-order valence-electron chi connectivity index (χ1n) is 9.66. The number of aromatic nitrogens is 1. The summed E-state index contributed by atoms with van der Waals surface area (Å²) in [6.07, 6.45) is 3.01. The zero-order chi connectivity index (χ0) is 20.2. The topological polar surface area (TPSA) is 71.9 Å². The molecule has 0 aliphatic rings. The molecule has 0 aliphatic heterocycles. The highest BCUT2D eigenvalue weighted by atomic mass is 32.2. The third-order valence-corrected chi connectivity index (χ3v) is 5.21. The first-order valence-corrected chi connectivity index (χ1v) is 10.8. The van der Waals surface area contributed by atoms with Crippen molar-refractivity contribution in [2.45, 2.75) is 27.2 Å². The maximum atomic E-state index is 12.5. The van der Waals surface area contributed by atoms with Gasteiger partial charge in [-0.15, -0.1) is 0 Å². The van der Waals surface area contributed by atoms with E-state index in [0.29, 0.717) is 5.56 Å². The maximum Gasteiger partial charge on any atom is 0.251 e. The minimum absolute atomic E-state index is 0.0763. The molecule has 1 aromatic heterocycles. The summed E-state index contributed by atoms with van der Waals surface area (Å²) in [5.74, 6) is 1.37. The molecule has 0 spiro atoms. The number of amides is 1. The summed E-state index contributed by atoms with van der Waals surface area (Å²) in [6, 6.07) is 3.64. The molecule has 0 aromatic carbocycles. The molecule has 1 heterocycles. The van der Waals surface area contributed by atoms with Gasteiger partial charge in [-0.3, -0.25) is 4.79 Å². The second-order valence-electron chi connectivity index (χ2n) is 6.28. The smallest absolute Gasteiger partial charge is 0.251 e. The van der Waals surface area contributed by atoms with E-state index in [1.54, 1.807) is 11.9 Å². The molecule has 0 aliphatic carbocycles. The molecule has 0 bridgehead atoms. The lowest BCUT2D eigenvalue weighted by molar-refractivity contribution is 0.0944. The summed E-state index contributed by atoms with van der Waals surface area (Å²) < 4.78 is 2.10. The van der Waals surface area contributed by atoms with E-state index in [1.807, 2.05) is 25.4 Å². The van der Waals surface area contributed by atoms with Crippen LogP contribution in [0.3, 0.4) is 0 Å². The lowest BCUT2D eigenvalue weighted by Crippen LogP contribution is -2.34. The Hall–Kier alpha value is -1.51. The molecule has 0 fully saturated rings. The van der Waals surface area contributed by atoms with E-state index in [0.717, 1.165) is 50.8 Å². The van der Waals surface area contributed by atoms with Crippen LogP contribution in [0.4, 0.5) is 11.6 Å². The highest BCUT2D eigenvalue weighted by Gasteiger charge is 2.16. The third kappa shape index (κ3) is 7.56. The summed E-state index contributed by atoms with van der Waals surface area (Å²) in [7, 11) is 2.01. The third-order valence-electron chi connectivity index (χ3n) is 4.40. The van der Waals surface area contributed by atoms with Crippen LogP contribution >= 0.6 is 11.9 Å². The van der Waals surface area contributed by atoms with Crippen molar-refractivity contribution in [3.8, 4) is 0 Å². The van der Waals surface area contributed by atoms with E-state index in [1.165, 1.54) is 0 Å². The van der Waals surface area contributed by atoms with Crippen molar-refractivity contribution in [2.24, 2.45) is 0 Å². The summed E-state index contributed by atoms with van der Waals surface area (Å²) >= 11 is 1.60. The Bertz CT molecular complexity index is 569. The fraction of sp³-hybridized carbons (Fsp3) is 0.684. The van der Waals surface area contributed by atoms with Gasteiger partial charge in [0.05, 0.1) is 6.61 Å². The summed E-state index contributed by atoms with van der Waals surface area (Å²) in [5, 5.41) is 11.7. The van der Waals surface area contributed by atoms with Crippen molar-refractivity contribution < 1.29 is 9.90 Å². The van der Waals surface area contributed by atoms with Crippen LogP contribution in [-0.4, -0.2) is 80.1 Å². The fourth-order valence-electron chi connectivity index (χ4n) is 2.68. The van der Waals surface area contributed by atoms with E-state index >= 15 is 0 Å². The van der Waals surface area contributed by atoms with Crippen LogP contribution in [-0.2, 0) is 0 Å². The minimum atomic E-state index is -0.191. The van der Waals surface area contributed by atoms with E-state index in [2.05, 4.69) is 40.2 Å². The number of carbonyl (C=O) groups is 1. The summed E-state index contributed by atoms with van der Waals surface area (Å²) in [5.41, 5.74) is 0.563. The molecule has 0 atom stereocenters. The van der Waals surface area contributed by atoms with Crippen molar-refractivity contribution >= 4 is 29.5 Å². The van der Waals surface area contributed by atoms with Crippen LogP contribution < -0.4 is 14.5 Å². The Kier molecular flexibility index (Phi) is 11.2. The van der Waals surface area contributed by atoms with Gasteiger partial charge in [0.2, 0.25) is 0 Å². The van der Waals surface area contributed by atoms with Crippen LogP contribution in [0.2, 0.25) is 0 Å². The number of likely N-dealkylation sites (N-methyl/N-ethyl adjacent to an activating group) is 2. The van der Waals surface area contributed by atoms with Crippen LogP contribution in [0, 0.1) is 0 Å². The molecule has 2 N–H and O–H groups in total. The molecule has 0 saturated heterocycles. The predicted molar refractivity (Wildman–Crippen MR) is 116 cm³/mol. The van der Waals surface area contributed by atoms with Crippen LogP contribution in [0.25, 0.3) is 0 Å². The van der Waals surface area contributed by atoms with E-state index < -0.39 is 0 Å². The van der Waals surface area contributed by atoms with Gasteiger partial charge >= 0.3 is 0 Å². The monoisotopic (exact) mass is 397 g/mol. The van der Waals surface area contributed by atoms with Gasteiger partial charge in [0.25, 0.3) is 5.91 Å². The zero-order valence-electron chi connectivity index (χ0n) is 17.4. The second-order valence-corrected chi connectivity index (χ2v) is 7.09. The van der Waals surface area contributed by atoms with Gasteiger partial charge in [-0.2, -0.15) is 0 Å². The molecular weight excluding hydrogens is 362 g/mol. The van der Waals surface area contributed by atoms with Gasteiger partial charge in [-0.05, 0) is 31.6 Å². The van der Waals surface area contributed by atoms with Gasteiger partial charge in [0.15, 0.2) is 0 Å². The van der Waals surface area contributed by atoms with E-state index in [-0.39, 0.29) is 19.1 Å². The maximum absolute atomic E-state index is 12.5. The number of aliphatic hydroxyl groups excluding tert-OH is 1. The molecule has 1 rings (SSSR count). The summed E-state index contributed by atoms with van der Waals surface area (Å²) in [4.78, 5) is 21.7. The molecule has 8 heteroatoms. The lowest BCUT2D eigenvalue weighted by Gasteiger charge is -2.26. The number of pyridine rings is 1. The lowest BCUT2D eigenvalue weighted by atomic mass is 10.2. The minimum Gasteiger partial charge on any atom is -0.395 e. The van der Waals surface area contributed by atoms with Crippen LogP contribution in [0.5, 0.6) is 0 Å². The Morgan fingerprint density at radius 1 is 1.15 bits per heavy atom. The number of rotatable bonds is 13. The predicted octanol–water partition coefficient (Wildman–Crippen LogP) is 2.08. The molecule has 7 nitrogen and oxygen atoms in total. The molecule has 1 aromatic rings. The standard InChI is InChI=1S/C19H35N5O2S/c1-6-10-24(27-5)18-15-16(19(26)20-9-13-25)14-17(21-18)22(4)11-12-23(7-2)8-3/h14-15,25H,6-13H2,1-5H3,(H,20,26). The van der Waals surface area contributed by atoms with Gasteiger partial charge in [0, 0.05) is 45.0 Å². The number of nitrogens with one attached hydrogen (secondary N) is 1. The van der Waals surface area contributed by atoms with Gasteiger partial charge in [0.1, 0.15) is 11.6 Å². The van der Waals surface area contributed by atoms with Crippen molar-refractivity contribution in [2.75, 3.05) is 68.4 Å². The van der Waals surface area contributed by atoms with Gasteiger partial charge in [-0.1, -0.05) is 32.7 Å². The summed E-state index contributed by atoms with van der Waals surface area (Å²) in [6.45, 7) is 11.3. The molecule has 154 valence electrons. The average molecular weight is 398 g/mol. The quantitative estimate of drug-likeness (QED) is 0.494. The van der Waals surface area contributed by atoms with Crippen LogP contribution in [0.1, 0.15) is 37.6 Å². The number of aliphatic hydroxyl groups is 1. The van der Waals surface area contributed by atoms with Crippen molar-refractivity contribution in [1.82, 2.24) is 15.2 Å². The molecule has 27 heavy (non-hydrogen) atoms. The first kappa shape index (κ1) is 23.5. The van der Waals surface area contributed by atoms with Gasteiger partial charge < -0.3 is 24.5 Å². The number of nitrogens with zero attached hydrogens (tertiary/aromatic N) is 4. The Morgan fingerprint density at radius 2 is 1.81 bits per heavy atom. The highest BCUT2D eigenvalue weighted by Crippen LogP contribution is 2.24. The Balaban J connectivity index is 3.10. The highest BCUT2D eigenvalue weighted by molar-refractivity contribution is 7.99. The molecule has 0 unspecified atom stereocenters. The number of hydrogen-bond acceptors (Lipinski definition) is 7. The van der Waals surface area contributed by atoms with E-state index in [4.69, 9.17) is 10.1 Å². The number of hydrogen-bond donors (Lipinski definition) is 2. The molecule has 1 amide bonds. The number of carbonyl (C=O) groups excluding carboxylic acids is 1. The van der Waals surface area contributed by atoms with Crippen LogP contribution in [0.15, 0.2) is 12.1 Å². The Labute approximate surface area is 168 Å². The number of anilines is 2. The van der Waals surface area contributed by atoms with Crippen molar-refractivity contribution in [1.29, 1.82) is 0 Å². The van der Waals surface area contributed by atoms with Crippen molar-refractivity contribution in [3.05, 3.63) is 17.7 Å². The largest absolute Gasteiger partial charge is 0.395 e. The molecule has 0 radical (unpaired) electrons. The molecule has 0 saturated carbocycles. The molecular formula is C19H35N5O2S. The fourth-order valence-corrected chi connectivity index (χ4v) is 3.32. The van der Waals surface area contributed by atoms with Crippen molar-refractivity contribution in [3.63, 3.8) is 0 Å². The van der Waals surface area contributed by atoms with E-state index in [9.17, 15) is 4.79 Å².